The Morgan fingerprint density at radius 3 is 3.10 bits per heavy atom. The summed E-state index contributed by atoms with van der Waals surface area (Å²) in [5.74, 6) is 0. The maximum atomic E-state index is 10.3. The van der Waals surface area contributed by atoms with Crippen LogP contribution in [-0.4, -0.2) is 9.80 Å². The SMILES string of the molecule is O=C(Br)NCc1ccc[nH]1. The Bertz CT molecular complexity index is 208. The van der Waals surface area contributed by atoms with Gasteiger partial charge in [-0.05, 0) is 12.1 Å². The highest BCUT2D eigenvalue weighted by Crippen LogP contribution is 1.93. The zero-order valence-electron chi connectivity index (χ0n) is 5.23. The third-order valence-electron chi connectivity index (χ3n) is 1.08. The molecule has 0 aliphatic carbocycles. The molecular weight excluding hydrogens is 196 g/mol. The molecule has 3 nitrogen and oxygen atoms in total. The smallest absolute Gasteiger partial charge is 0.287 e. The number of hydrogen-bond acceptors (Lipinski definition) is 1. The Hall–Kier alpha value is -0.770. The lowest BCUT2D eigenvalue weighted by Gasteiger charge is -1.95. The molecule has 0 atom stereocenters. The van der Waals surface area contributed by atoms with Crippen LogP contribution in [0.5, 0.6) is 0 Å². The zero-order chi connectivity index (χ0) is 7.40. The number of aromatic amines is 1. The number of halogens is 1. The van der Waals surface area contributed by atoms with Crippen LogP contribution in [0.2, 0.25) is 0 Å². The molecule has 1 heterocycles. The lowest BCUT2D eigenvalue weighted by atomic mass is 10.4. The van der Waals surface area contributed by atoms with Crippen molar-refractivity contribution in [3.8, 4) is 0 Å². The molecule has 0 bridgehead atoms. The largest absolute Gasteiger partial charge is 0.364 e. The van der Waals surface area contributed by atoms with Gasteiger partial charge in [-0.15, -0.1) is 0 Å². The van der Waals surface area contributed by atoms with Gasteiger partial charge in [0.25, 0.3) is 4.82 Å². The van der Waals surface area contributed by atoms with Gasteiger partial charge in [0.2, 0.25) is 0 Å². The maximum absolute atomic E-state index is 10.3. The van der Waals surface area contributed by atoms with E-state index in [4.69, 9.17) is 0 Å². The van der Waals surface area contributed by atoms with Crippen molar-refractivity contribution in [3.63, 3.8) is 0 Å². The number of rotatable bonds is 2. The maximum Gasteiger partial charge on any atom is 0.287 e. The minimum Gasteiger partial charge on any atom is -0.364 e. The number of aromatic nitrogens is 1. The second-order valence-corrected chi connectivity index (χ2v) is 2.54. The predicted molar refractivity (Wildman–Crippen MR) is 42.0 cm³/mol. The van der Waals surface area contributed by atoms with Crippen molar-refractivity contribution in [2.45, 2.75) is 6.54 Å². The Morgan fingerprint density at radius 1 is 1.80 bits per heavy atom. The van der Waals surface area contributed by atoms with Crippen LogP contribution in [0.25, 0.3) is 0 Å². The van der Waals surface area contributed by atoms with Crippen molar-refractivity contribution in [2.75, 3.05) is 0 Å². The van der Waals surface area contributed by atoms with E-state index >= 15 is 0 Å². The fourth-order valence-electron chi connectivity index (χ4n) is 0.642. The van der Waals surface area contributed by atoms with E-state index in [2.05, 4.69) is 26.2 Å². The Kier molecular flexibility index (Phi) is 2.50. The van der Waals surface area contributed by atoms with Crippen molar-refractivity contribution in [3.05, 3.63) is 24.0 Å². The molecule has 0 radical (unpaired) electrons. The molecule has 0 saturated heterocycles. The summed E-state index contributed by atoms with van der Waals surface area (Å²) >= 11 is 2.76. The highest BCUT2D eigenvalue weighted by Gasteiger charge is 1.93. The van der Waals surface area contributed by atoms with Crippen LogP contribution < -0.4 is 5.32 Å². The van der Waals surface area contributed by atoms with Gasteiger partial charge in [-0.25, -0.2) is 0 Å². The average molecular weight is 203 g/mol. The van der Waals surface area contributed by atoms with Crippen molar-refractivity contribution in [1.29, 1.82) is 0 Å². The van der Waals surface area contributed by atoms with E-state index < -0.39 is 0 Å². The molecule has 1 rings (SSSR count). The van der Waals surface area contributed by atoms with Crippen LogP contribution >= 0.6 is 15.9 Å². The van der Waals surface area contributed by atoms with Gasteiger partial charge in [0.05, 0.1) is 6.54 Å². The lowest BCUT2D eigenvalue weighted by Crippen LogP contribution is -2.14. The normalized spacial score (nSPS) is 9.30. The second kappa shape index (κ2) is 3.41. The molecule has 2 N–H and O–H groups in total. The van der Waals surface area contributed by atoms with Gasteiger partial charge in [-0.3, -0.25) is 4.79 Å². The molecule has 0 spiro atoms. The molecule has 0 unspecified atom stereocenters. The van der Waals surface area contributed by atoms with E-state index in [1.54, 1.807) is 0 Å². The predicted octanol–water partition coefficient (Wildman–Crippen LogP) is 1.62. The topological polar surface area (TPSA) is 44.9 Å². The number of amides is 1. The average Bonchev–Trinajstić information content (AvgIpc) is 2.34. The summed E-state index contributed by atoms with van der Waals surface area (Å²) in [5, 5.41) is 2.59. The second-order valence-electron chi connectivity index (χ2n) is 1.82. The summed E-state index contributed by atoms with van der Waals surface area (Å²) in [4.78, 5) is 13.1. The van der Waals surface area contributed by atoms with E-state index in [0.29, 0.717) is 6.54 Å². The number of carbonyl (C=O) groups excluding carboxylic acids is 1. The van der Waals surface area contributed by atoms with Gasteiger partial charge in [0, 0.05) is 27.8 Å². The molecule has 0 aromatic carbocycles. The minimum atomic E-state index is -0.192. The van der Waals surface area contributed by atoms with E-state index in [9.17, 15) is 4.79 Å². The summed E-state index contributed by atoms with van der Waals surface area (Å²) in [6.45, 7) is 0.539. The molecule has 54 valence electrons. The Labute approximate surface area is 66.9 Å². The van der Waals surface area contributed by atoms with E-state index in [0.717, 1.165) is 5.69 Å². The van der Waals surface area contributed by atoms with Crippen molar-refractivity contribution < 1.29 is 4.79 Å². The third kappa shape index (κ3) is 2.23. The van der Waals surface area contributed by atoms with Crippen molar-refractivity contribution in [1.82, 2.24) is 10.3 Å². The molecule has 0 aliphatic rings. The van der Waals surface area contributed by atoms with E-state index in [-0.39, 0.29) is 4.82 Å². The fourth-order valence-corrected chi connectivity index (χ4v) is 0.782. The molecule has 0 fully saturated rings. The minimum absolute atomic E-state index is 0.192. The summed E-state index contributed by atoms with van der Waals surface area (Å²) < 4.78 is 0. The summed E-state index contributed by atoms with van der Waals surface area (Å²) in [5.41, 5.74) is 0.993. The number of hydrogen-bond donors (Lipinski definition) is 2. The summed E-state index contributed by atoms with van der Waals surface area (Å²) in [6.07, 6.45) is 1.82. The van der Waals surface area contributed by atoms with E-state index in [1.165, 1.54) is 0 Å². The monoisotopic (exact) mass is 202 g/mol. The highest BCUT2D eigenvalue weighted by atomic mass is 79.9. The molecule has 10 heavy (non-hydrogen) atoms. The van der Waals surface area contributed by atoms with Crippen LogP contribution in [0.1, 0.15) is 5.69 Å². The van der Waals surface area contributed by atoms with Crippen LogP contribution in [0.3, 0.4) is 0 Å². The Balaban J connectivity index is 2.35. The first kappa shape index (κ1) is 7.34. The fraction of sp³-hybridized carbons (Fsp3) is 0.167. The first-order valence-electron chi connectivity index (χ1n) is 2.84. The number of nitrogens with one attached hydrogen (secondary N) is 2. The van der Waals surface area contributed by atoms with Gasteiger partial charge in [-0.1, -0.05) is 0 Å². The van der Waals surface area contributed by atoms with Gasteiger partial charge >= 0.3 is 0 Å². The van der Waals surface area contributed by atoms with Gasteiger partial charge < -0.3 is 10.3 Å². The molecule has 1 aromatic rings. The molecule has 1 aromatic heterocycles. The van der Waals surface area contributed by atoms with Crippen LogP contribution in [-0.2, 0) is 6.54 Å². The quantitative estimate of drug-likeness (QED) is 0.556. The lowest BCUT2D eigenvalue weighted by molar-refractivity contribution is 0.261. The zero-order valence-corrected chi connectivity index (χ0v) is 6.81. The van der Waals surface area contributed by atoms with E-state index in [1.807, 2.05) is 18.3 Å². The molecule has 0 saturated carbocycles. The number of H-pyrrole nitrogens is 1. The van der Waals surface area contributed by atoms with Crippen LogP contribution in [0, 0.1) is 0 Å². The van der Waals surface area contributed by atoms with Crippen molar-refractivity contribution >= 4 is 20.7 Å². The van der Waals surface area contributed by atoms with Crippen LogP contribution in [0.15, 0.2) is 18.3 Å². The third-order valence-corrected chi connectivity index (χ3v) is 1.36. The van der Waals surface area contributed by atoms with Crippen molar-refractivity contribution in [2.24, 2.45) is 0 Å². The standard InChI is InChI=1S/C6H7BrN2O/c7-6(10)9-4-5-2-1-3-8-5/h1-3,8H,4H2,(H,9,10). The molecule has 0 aliphatic heterocycles. The summed E-state index contributed by atoms with van der Waals surface area (Å²) in [7, 11) is 0. The number of carbonyl (C=O) groups is 1. The molecule has 4 heteroatoms. The summed E-state index contributed by atoms with van der Waals surface area (Å²) in [6, 6.07) is 3.79. The molecular formula is C6H7BrN2O. The highest BCUT2D eigenvalue weighted by molar-refractivity contribution is 9.18. The van der Waals surface area contributed by atoms with Gasteiger partial charge in [0.1, 0.15) is 0 Å². The van der Waals surface area contributed by atoms with Gasteiger partial charge in [-0.2, -0.15) is 0 Å². The first-order chi connectivity index (χ1) is 4.79. The molecule has 1 amide bonds. The van der Waals surface area contributed by atoms with Crippen LogP contribution in [0.4, 0.5) is 4.79 Å². The Morgan fingerprint density at radius 2 is 2.60 bits per heavy atom. The first-order valence-corrected chi connectivity index (χ1v) is 3.64. The van der Waals surface area contributed by atoms with Gasteiger partial charge in [0.15, 0.2) is 0 Å².